The molecule has 138 valence electrons. The third-order valence-corrected chi connectivity index (χ3v) is 5.96. The van der Waals surface area contributed by atoms with E-state index >= 15 is 0 Å². The molecule has 0 aromatic heterocycles. The first-order chi connectivity index (χ1) is 12.2. The summed E-state index contributed by atoms with van der Waals surface area (Å²) in [4.78, 5) is 17.6. The number of hydrogen-bond acceptors (Lipinski definition) is 3. The fraction of sp³-hybridized carbons (Fsp3) is 0.667. The monoisotopic (exact) mass is 343 g/mol. The average molecular weight is 344 g/mol. The SMILES string of the molecule is CCN1CCCCC1C(=O)NC(C)C1CCN(Cc2ccccc2)C1. The molecular formula is C21H33N3O. The van der Waals surface area contributed by atoms with E-state index in [0.29, 0.717) is 5.92 Å². The molecular weight excluding hydrogens is 310 g/mol. The number of nitrogens with zero attached hydrogens (tertiary/aromatic N) is 2. The fourth-order valence-corrected chi connectivity index (χ4v) is 4.36. The highest BCUT2D eigenvalue weighted by Gasteiger charge is 2.32. The van der Waals surface area contributed by atoms with Gasteiger partial charge < -0.3 is 5.32 Å². The van der Waals surface area contributed by atoms with Gasteiger partial charge in [-0.25, -0.2) is 0 Å². The number of piperidine rings is 1. The van der Waals surface area contributed by atoms with Gasteiger partial charge in [0.15, 0.2) is 0 Å². The lowest BCUT2D eigenvalue weighted by Crippen LogP contribution is -2.52. The molecule has 4 heteroatoms. The van der Waals surface area contributed by atoms with Crippen LogP contribution in [-0.4, -0.2) is 54.0 Å². The summed E-state index contributed by atoms with van der Waals surface area (Å²) in [6, 6.07) is 11.0. The third kappa shape index (κ3) is 4.83. The number of carbonyl (C=O) groups is 1. The van der Waals surface area contributed by atoms with Crippen molar-refractivity contribution in [2.45, 2.75) is 58.2 Å². The highest BCUT2D eigenvalue weighted by molar-refractivity contribution is 5.82. The van der Waals surface area contributed by atoms with Crippen LogP contribution in [0.15, 0.2) is 30.3 Å². The van der Waals surface area contributed by atoms with Gasteiger partial charge in [-0.05, 0) is 57.3 Å². The zero-order valence-corrected chi connectivity index (χ0v) is 15.8. The van der Waals surface area contributed by atoms with E-state index in [1.807, 2.05) is 0 Å². The second kappa shape index (κ2) is 8.81. The van der Waals surface area contributed by atoms with Crippen LogP contribution in [0.25, 0.3) is 0 Å². The van der Waals surface area contributed by atoms with Crippen LogP contribution in [-0.2, 0) is 11.3 Å². The number of rotatable bonds is 6. The van der Waals surface area contributed by atoms with Gasteiger partial charge >= 0.3 is 0 Å². The molecule has 2 heterocycles. The van der Waals surface area contributed by atoms with E-state index in [2.05, 4.69) is 59.3 Å². The lowest BCUT2D eigenvalue weighted by Gasteiger charge is -2.35. The predicted molar refractivity (Wildman–Crippen MR) is 102 cm³/mol. The van der Waals surface area contributed by atoms with Crippen LogP contribution in [0.3, 0.4) is 0 Å². The van der Waals surface area contributed by atoms with Gasteiger partial charge in [-0.15, -0.1) is 0 Å². The van der Waals surface area contributed by atoms with E-state index in [1.54, 1.807) is 0 Å². The molecule has 0 saturated carbocycles. The van der Waals surface area contributed by atoms with Gasteiger partial charge in [0.05, 0.1) is 6.04 Å². The molecule has 0 radical (unpaired) electrons. The lowest BCUT2D eigenvalue weighted by atomic mass is 9.98. The number of carbonyl (C=O) groups excluding carboxylic acids is 1. The molecule has 2 aliphatic heterocycles. The van der Waals surface area contributed by atoms with Crippen LogP contribution in [0.4, 0.5) is 0 Å². The molecule has 2 aliphatic rings. The predicted octanol–water partition coefficient (Wildman–Crippen LogP) is 2.89. The number of benzene rings is 1. The van der Waals surface area contributed by atoms with Gasteiger partial charge in [-0.3, -0.25) is 14.6 Å². The molecule has 1 aromatic rings. The molecule has 1 aromatic carbocycles. The summed E-state index contributed by atoms with van der Waals surface area (Å²) in [5.74, 6) is 0.807. The highest BCUT2D eigenvalue weighted by atomic mass is 16.2. The van der Waals surface area contributed by atoms with Crippen molar-refractivity contribution >= 4 is 5.91 Å². The van der Waals surface area contributed by atoms with E-state index in [4.69, 9.17) is 0 Å². The maximum Gasteiger partial charge on any atom is 0.237 e. The van der Waals surface area contributed by atoms with Crippen molar-refractivity contribution in [2.75, 3.05) is 26.2 Å². The van der Waals surface area contributed by atoms with Gasteiger partial charge in [0.2, 0.25) is 5.91 Å². The van der Waals surface area contributed by atoms with Crippen LogP contribution < -0.4 is 5.32 Å². The Morgan fingerprint density at radius 3 is 2.76 bits per heavy atom. The van der Waals surface area contributed by atoms with Crippen molar-refractivity contribution < 1.29 is 4.79 Å². The topological polar surface area (TPSA) is 35.6 Å². The van der Waals surface area contributed by atoms with Crippen LogP contribution in [0.1, 0.15) is 45.1 Å². The number of hydrogen-bond donors (Lipinski definition) is 1. The maximum atomic E-state index is 12.7. The zero-order chi connectivity index (χ0) is 17.6. The molecule has 2 fully saturated rings. The first-order valence-electron chi connectivity index (χ1n) is 9.98. The van der Waals surface area contributed by atoms with Crippen molar-refractivity contribution in [3.8, 4) is 0 Å². The number of likely N-dealkylation sites (tertiary alicyclic amines) is 2. The summed E-state index contributed by atoms with van der Waals surface area (Å²) in [7, 11) is 0. The molecule has 2 saturated heterocycles. The van der Waals surface area contributed by atoms with Crippen molar-refractivity contribution in [3.05, 3.63) is 35.9 Å². The van der Waals surface area contributed by atoms with Gasteiger partial charge in [-0.1, -0.05) is 43.7 Å². The van der Waals surface area contributed by atoms with Crippen LogP contribution in [0.2, 0.25) is 0 Å². The zero-order valence-electron chi connectivity index (χ0n) is 15.8. The molecule has 3 rings (SSSR count). The normalized spacial score (nSPS) is 26.5. The van der Waals surface area contributed by atoms with Crippen LogP contribution >= 0.6 is 0 Å². The first kappa shape index (κ1) is 18.4. The standard InChI is InChI=1S/C21H33N3O/c1-3-24-13-8-7-11-20(24)21(25)22-17(2)19-12-14-23(16-19)15-18-9-5-4-6-10-18/h4-6,9-10,17,19-20H,3,7-8,11-16H2,1-2H3,(H,22,25). The quantitative estimate of drug-likeness (QED) is 0.863. The first-order valence-corrected chi connectivity index (χ1v) is 9.98. The summed E-state index contributed by atoms with van der Waals surface area (Å²) in [5.41, 5.74) is 1.38. The molecule has 3 unspecified atom stereocenters. The smallest absolute Gasteiger partial charge is 0.237 e. The number of nitrogens with one attached hydrogen (secondary N) is 1. The van der Waals surface area contributed by atoms with Crippen molar-refractivity contribution in [3.63, 3.8) is 0 Å². The van der Waals surface area contributed by atoms with Gasteiger partial charge in [0, 0.05) is 19.1 Å². The van der Waals surface area contributed by atoms with E-state index in [9.17, 15) is 4.79 Å². The Labute approximate surface area is 152 Å². The van der Waals surface area contributed by atoms with Crippen molar-refractivity contribution in [1.82, 2.24) is 15.1 Å². The fourth-order valence-electron chi connectivity index (χ4n) is 4.36. The minimum Gasteiger partial charge on any atom is -0.352 e. The van der Waals surface area contributed by atoms with Crippen molar-refractivity contribution in [1.29, 1.82) is 0 Å². The average Bonchev–Trinajstić information content (AvgIpc) is 3.11. The minimum absolute atomic E-state index is 0.0861. The molecule has 0 aliphatic carbocycles. The molecule has 0 bridgehead atoms. The summed E-state index contributed by atoms with van der Waals surface area (Å²) in [6.07, 6.45) is 4.59. The van der Waals surface area contributed by atoms with Gasteiger partial charge in [-0.2, -0.15) is 0 Å². The van der Waals surface area contributed by atoms with Crippen LogP contribution in [0.5, 0.6) is 0 Å². The highest BCUT2D eigenvalue weighted by Crippen LogP contribution is 2.23. The van der Waals surface area contributed by atoms with Gasteiger partial charge in [0.25, 0.3) is 0 Å². The van der Waals surface area contributed by atoms with Crippen molar-refractivity contribution in [2.24, 2.45) is 5.92 Å². The van der Waals surface area contributed by atoms with E-state index in [-0.39, 0.29) is 18.0 Å². The number of likely N-dealkylation sites (N-methyl/N-ethyl adjacent to an activating group) is 1. The maximum absolute atomic E-state index is 12.7. The Hall–Kier alpha value is -1.39. The minimum atomic E-state index is 0.0861. The summed E-state index contributed by atoms with van der Waals surface area (Å²) < 4.78 is 0. The molecule has 4 nitrogen and oxygen atoms in total. The second-order valence-corrected chi connectivity index (χ2v) is 7.71. The molecule has 25 heavy (non-hydrogen) atoms. The molecule has 0 spiro atoms. The molecule has 1 N–H and O–H groups in total. The van der Waals surface area contributed by atoms with Crippen LogP contribution in [0, 0.1) is 5.92 Å². The molecule has 3 atom stereocenters. The Bertz CT molecular complexity index is 547. The summed E-state index contributed by atoms with van der Waals surface area (Å²) in [6.45, 7) is 9.62. The Balaban J connectivity index is 1.48. The van der Waals surface area contributed by atoms with E-state index < -0.39 is 0 Å². The largest absolute Gasteiger partial charge is 0.352 e. The third-order valence-electron chi connectivity index (χ3n) is 5.96. The summed E-state index contributed by atoms with van der Waals surface area (Å²) >= 11 is 0. The van der Waals surface area contributed by atoms with Gasteiger partial charge in [0.1, 0.15) is 0 Å². The molecule has 1 amide bonds. The van der Waals surface area contributed by atoms with E-state index in [0.717, 1.165) is 39.1 Å². The lowest BCUT2D eigenvalue weighted by molar-refractivity contribution is -0.128. The second-order valence-electron chi connectivity index (χ2n) is 7.71. The Morgan fingerprint density at radius 1 is 1.20 bits per heavy atom. The Kier molecular flexibility index (Phi) is 6.49. The Morgan fingerprint density at radius 2 is 2.00 bits per heavy atom. The number of amides is 1. The summed E-state index contributed by atoms with van der Waals surface area (Å²) in [5, 5.41) is 3.33. The van der Waals surface area contributed by atoms with E-state index in [1.165, 1.54) is 24.8 Å².